The number of nitrogens with zero attached hydrogens (tertiary/aromatic N) is 3. The molecule has 9 nitrogen and oxygen atoms in total. The van der Waals surface area contributed by atoms with Crippen LogP contribution in [0.25, 0.3) is 0 Å². The maximum absolute atomic E-state index is 13.9. The van der Waals surface area contributed by atoms with Crippen molar-refractivity contribution >= 4 is 17.2 Å². The number of aryl methyl sites for hydroxylation is 1. The van der Waals surface area contributed by atoms with E-state index in [0.717, 1.165) is 12.0 Å². The van der Waals surface area contributed by atoms with Crippen LogP contribution in [0.15, 0.2) is 89.4 Å². The molecule has 0 spiro atoms. The molecule has 0 amide bonds. The maximum Gasteiger partial charge on any atom is 0.271 e. The lowest BCUT2D eigenvalue weighted by Gasteiger charge is -2.43. The van der Waals surface area contributed by atoms with E-state index in [4.69, 9.17) is 15.2 Å². The van der Waals surface area contributed by atoms with Crippen molar-refractivity contribution in [2.45, 2.75) is 52.6 Å². The number of non-ortho nitro benzene ring substituents is 1. The van der Waals surface area contributed by atoms with Gasteiger partial charge in [0, 0.05) is 35.4 Å². The summed E-state index contributed by atoms with van der Waals surface area (Å²) in [6.45, 7) is 6.31. The molecule has 0 bridgehead atoms. The molecule has 3 aromatic carbocycles. The van der Waals surface area contributed by atoms with Gasteiger partial charge in [0.15, 0.2) is 5.78 Å². The third-order valence-corrected chi connectivity index (χ3v) is 8.04. The largest absolute Gasteiger partial charge is 0.496 e. The van der Waals surface area contributed by atoms with Crippen molar-refractivity contribution in [3.8, 4) is 17.6 Å². The van der Waals surface area contributed by atoms with Crippen LogP contribution in [0.1, 0.15) is 56.2 Å². The fraction of sp³-hybridized carbons (Fsp3) is 0.294. The molecule has 0 saturated heterocycles. The maximum atomic E-state index is 13.9. The van der Waals surface area contributed by atoms with Gasteiger partial charge in [0.05, 0.1) is 35.3 Å². The number of carbonyl (C=O) groups excluding carboxylic acids is 1. The Balaban J connectivity index is 1.62. The van der Waals surface area contributed by atoms with E-state index in [-0.39, 0.29) is 34.9 Å². The van der Waals surface area contributed by atoms with Crippen molar-refractivity contribution in [1.82, 2.24) is 0 Å². The predicted octanol–water partition coefficient (Wildman–Crippen LogP) is 6.69. The first-order chi connectivity index (χ1) is 20.6. The summed E-state index contributed by atoms with van der Waals surface area (Å²) >= 11 is 0. The minimum atomic E-state index is -0.716. The lowest BCUT2D eigenvalue weighted by Crippen LogP contribution is -2.42. The summed E-state index contributed by atoms with van der Waals surface area (Å²) < 4.78 is 11.7. The Bertz CT molecular complexity index is 1700. The van der Waals surface area contributed by atoms with Crippen LogP contribution in [0.3, 0.4) is 0 Å². The fourth-order valence-corrected chi connectivity index (χ4v) is 5.96. The number of nitro benzene ring substituents is 1. The average Bonchev–Trinajstić information content (AvgIpc) is 2.99. The van der Waals surface area contributed by atoms with Gasteiger partial charge in [-0.1, -0.05) is 45.0 Å². The quantitative estimate of drug-likeness (QED) is 0.231. The molecule has 2 N–H and O–H groups in total. The van der Waals surface area contributed by atoms with Crippen LogP contribution < -0.4 is 20.1 Å². The van der Waals surface area contributed by atoms with Crippen LogP contribution in [0, 0.1) is 26.9 Å². The lowest BCUT2D eigenvalue weighted by atomic mass is 9.68. The number of ketones is 1. The summed E-state index contributed by atoms with van der Waals surface area (Å²) in [6.07, 6.45) is 1.72. The van der Waals surface area contributed by atoms with Crippen LogP contribution in [0.4, 0.5) is 11.4 Å². The first-order valence-electron chi connectivity index (χ1n) is 14.2. The van der Waals surface area contributed by atoms with E-state index < -0.39 is 10.8 Å². The number of nitro groups is 1. The number of Topliss-reactive ketones (excluding diaryl/α,β-unsaturated/α-hetero) is 1. The van der Waals surface area contributed by atoms with Crippen molar-refractivity contribution in [3.05, 3.63) is 116 Å². The number of ether oxygens (including phenoxy) is 2. The zero-order valence-electron chi connectivity index (χ0n) is 24.7. The van der Waals surface area contributed by atoms with E-state index in [1.165, 1.54) is 17.7 Å². The number of nitrogens with two attached hydrogens (primary N) is 1. The number of anilines is 1. The zero-order valence-corrected chi connectivity index (χ0v) is 24.7. The highest BCUT2D eigenvalue weighted by Gasteiger charge is 2.45. The van der Waals surface area contributed by atoms with E-state index in [1.54, 1.807) is 24.1 Å². The van der Waals surface area contributed by atoms with Crippen LogP contribution in [0.2, 0.25) is 0 Å². The van der Waals surface area contributed by atoms with Gasteiger partial charge in [-0.05, 0) is 59.7 Å². The van der Waals surface area contributed by atoms with Crippen molar-refractivity contribution in [3.63, 3.8) is 0 Å². The molecule has 43 heavy (non-hydrogen) atoms. The molecule has 9 heteroatoms. The number of carbonyl (C=O) groups is 1. The van der Waals surface area contributed by atoms with Crippen molar-refractivity contribution in [2.24, 2.45) is 11.1 Å². The van der Waals surface area contributed by atoms with Crippen LogP contribution in [-0.4, -0.2) is 17.8 Å². The summed E-state index contributed by atoms with van der Waals surface area (Å²) in [6, 6.07) is 21.8. The molecule has 0 aromatic heterocycles. The summed E-state index contributed by atoms with van der Waals surface area (Å²) in [7, 11) is 1.58. The van der Waals surface area contributed by atoms with Crippen LogP contribution in [0.5, 0.6) is 11.5 Å². The molecule has 0 fully saturated rings. The van der Waals surface area contributed by atoms with Gasteiger partial charge in [0.25, 0.3) is 5.69 Å². The van der Waals surface area contributed by atoms with Crippen molar-refractivity contribution < 1.29 is 19.2 Å². The predicted molar refractivity (Wildman–Crippen MR) is 163 cm³/mol. The Morgan fingerprint density at radius 2 is 1.86 bits per heavy atom. The number of benzene rings is 3. The number of hydrogen-bond donors (Lipinski definition) is 1. The van der Waals surface area contributed by atoms with E-state index in [0.29, 0.717) is 46.9 Å². The zero-order chi connectivity index (χ0) is 30.9. The minimum absolute atomic E-state index is 0.0865. The monoisotopic (exact) mass is 578 g/mol. The molecular weight excluding hydrogens is 544 g/mol. The second-order valence-electron chi connectivity index (χ2n) is 11.6. The van der Waals surface area contributed by atoms with Gasteiger partial charge in [-0.15, -0.1) is 0 Å². The Kier molecular flexibility index (Phi) is 7.96. The topological polar surface area (TPSA) is 132 Å². The highest BCUT2D eigenvalue weighted by molar-refractivity contribution is 6.01. The van der Waals surface area contributed by atoms with Gasteiger partial charge in [-0.3, -0.25) is 19.8 Å². The van der Waals surface area contributed by atoms with Gasteiger partial charge < -0.3 is 15.2 Å². The summed E-state index contributed by atoms with van der Waals surface area (Å²) in [5, 5.41) is 22.0. The molecule has 1 unspecified atom stereocenters. The Morgan fingerprint density at radius 1 is 1.12 bits per heavy atom. The second kappa shape index (κ2) is 11.6. The average molecular weight is 579 g/mol. The first-order valence-corrected chi connectivity index (χ1v) is 14.2. The third kappa shape index (κ3) is 5.69. The standard InChI is InChI=1S/C34H34N4O5/c1-5-21-9-12-26(13-10-21)43-20-23-15-22(11-14-30(23)42-4)31-27(19-35)33(36)37(24-7-6-8-25(16-24)38(40)41)28-17-34(2,3)18-29(39)32(28)31/h6-16,31H,5,17-18,20,36H2,1-4H3. The second-order valence-corrected chi connectivity index (χ2v) is 11.6. The minimum Gasteiger partial charge on any atom is -0.496 e. The van der Waals surface area contributed by atoms with Gasteiger partial charge >= 0.3 is 0 Å². The molecule has 5 rings (SSSR count). The SMILES string of the molecule is CCc1ccc(OCc2cc(C3C(C#N)=C(N)N(c4cccc([N+](=O)[O-])c4)C4=C3C(=O)CC(C)(C)C4)ccc2OC)cc1. The first kappa shape index (κ1) is 29.4. The molecule has 1 aliphatic heterocycles. The molecule has 3 aromatic rings. The van der Waals surface area contributed by atoms with Gasteiger partial charge in [0.1, 0.15) is 23.9 Å². The Labute approximate surface area is 251 Å². The smallest absolute Gasteiger partial charge is 0.271 e. The summed E-state index contributed by atoms with van der Waals surface area (Å²) in [4.78, 5) is 26.6. The number of methoxy groups -OCH3 is 1. The number of rotatable bonds is 8. The van der Waals surface area contributed by atoms with Crippen LogP contribution in [-0.2, 0) is 17.8 Å². The Morgan fingerprint density at radius 3 is 2.51 bits per heavy atom. The van der Waals surface area contributed by atoms with Crippen LogP contribution >= 0.6 is 0 Å². The summed E-state index contributed by atoms with van der Waals surface area (Å²) in [5.41, 5.74) is 10.7. The lowest BCUT2D eigenvalue weighted by molar-refractivity contribution is -0.384. The molecular formula is C34H34N4O5. The molecule has 1 heterocycles. The number of hydrogen-bond acceptors (Lipinski definition) is 8. The van der Waals surface area contributed by atoms with E-state index in [2.05, 4.69) is 13.0 Å². The van der Waals surface area contributed by atoms with E-state index in [1.807, 2.05) is 56.3 Å². The number of allylic oxidation sites excluding steroid dienone is 3. The van der Waals surface area contributed by atoms with Gasteiger partial charge in [-0.2, -0.15) is 5.26 Å². The van der Waals surface area contributed by atoms with E-state index >= 15 is 0 Å². The fourth-order valence-electron chi connectivity index (χ4n) is 5.96. The normalized spacial score (nSPS) is 17.8. The van der Waals surface area contributed by atoms with Crippen molar-refractivity contribution in [2.75, 3.05) is 12.0 Å². The molecule has 0 radical (unpaired) electrons. The molecule has 1 aliphatic carbocycles. The molecule has 1 atom stereocenters. The van der Waals surface area contributed by atoms with E-state index in [9.17, 15) is 20.2 Å². The van der Waals surface area contributed by atoms with Gasteiger partial charge in [-0.25, -0.2) is 0 Å². The highest BCUT2D eigenvalue weighted by atomic mass is 16.6. The van der Waals surface area contributed by atoms with Crippen molar-refractivity contribution in [1.29, 1.82) is 5.26 Å². The number of nitriles is 1. The molecule has 2 aliphatic rings. The highest BCUT2D eigenvalue weighted by Crippen LogP contribution is 2.50. The Hall–Kier alpha value is -5.10. The molecule has 220 valence electrons. The third-order valence-electron chi connectivity index (χ3n) is 8.04. The molecule has 0 saturated carbocycles. The summed E-state index contributed by atoms with van der Waals surface area (Å²) in [5.74, 6) is 0.667. The van der Waals surface area contributed by atoms with Gasteiger partial charge in [0.2, 0.25) is 0 Å².